The van der Waals surface area contributed by atoms with E-state index < -0.39 is 0 Å². The highest BCUT2D eigenvalue weighted by atomic mass is 35.5. The monoisotopic (exact) mass is 403 g/mol. The molecule has 27 heavy (non-hydrogen) atoms. The van der Waals surface area contributed by atoms with Crippen LogP contribution in [-0.4, -0.2) is 35.9 Å². The van der Waals surface area contributed by atoms with Crippen molar-refractivity contribution >= 4 is 39.5 Å². The number of hydrogen-bond acceptors (Lipinski definition) is 5. The third-order valence-electron chi connectivity index (χ3n) is 4.56. The SMILES string of the molecule is CCN(C(=O)c1ccccc1Cl)c1nnc(C2=CC(C)C(OC)C(C)=C2)s1. The van der Waals surface area contributed by atoms with E-state index in [2.05, 4.69) is 36.2 Å². The minimum absolute atomic E-state index is 0.0788. The lowest BCUT2D eigenvalue weighted by atomic mass is 9.89. The molecule has 0 radical (unpaired) electrons. The molecular formula is C20H22ClN3O2S. The van der Waals surface area contributed by atoms with Crippen molar-refractivity contribution in [1.29, 1.82) is 0 Å². The number of amides is 1. The zero-order chi connectivity index (χ0) is 19.6. The Morgan fingerprint density at radius 1 is 1.33 bits per heavy atom. The second-order valence-electron chi connectivity index (χ2n) is 6.44. The van der Waals surface area contributed by atoms with Crippen molar-refractivity contribution < 1.29 is 9.53 Å². The van der Waals surface area contributed by atoms with Crippen molar-refractivity contribution in [2.24, 2.45) is 5.92 Å². The molecule has 2 atom stereocenters. The number of benzene rings is 1. The second-order valence-corrected chi connectivity index (χ2v) is 7.81. The number of carbonyl (C=O) groups excluding carboxylic acids is 1. The highest BCUT2D eigenvalue weighted by molar-refractivity contribution is 7.16. The first kappa shape index (κ1) is 19.7. The molecule has 0 saturated heterocycles. The predicted molar refractivity (Wildman–Crippen MR) is 110 cm³/mol. The summed E-state index contributed by atoms with van der Waals surface area (Å²) in [6, 6.07) is 7.03. The molecule has 1 amide bonds. The number of carbonyl (C=O) groups is 1. The molecule has 142 valence electrons. The van der Waals surface area contributed by atoms with Gasteiger partial charge in [0.05, 0.1) is 16.7 Å². The second kappa shape index (κ2) is 8.33. The molecule has 1 aliphatic rings. The number of hydrogen-bond donors (Lipinski definition) is 0. The average Bonchev–Trinajstić information content (AvgIpc) is 3.12. The van der Waals surface area contributed by atoms with E-state index in [9.17, 15) is 4.79 Å². The molecule has 1 heterocycles. The van der Waals surface area contributed by atoms with Gasteiger partial charge in [0.1, 0.15) is 5.01 Å². The quantitative estimate of drug-likeness (QED) is 0.715. The van der Waals surface area contributed by atoms with Gasteiger partial charge in [-0.2, -0.15) is 0 Å². The van der Waals surface area contributed by atoms with Gasteiger partial charge in [0, 0.05) is 25.1 Å². The fourth-order valence-corrected chi connectivity index (χ4v) is 4.40. The number of methoxy groups -OCH3 is 1. The normalized spacial score (nSPS) is 19.4. The number of anilines is 1. The van der Waals surface area contributed by atoms with Crippen molar-refractivity contribution in [3.8, 4) is 0 Å². The van der Waals surface area contributed by atoms with Crippen molar-refractivity contribution in [3.63, 3.8) is 0 Å². The van der Waals surface area contributed by atoms with Gasteiger partial charge in [-0.3, -0.25) is 9.69 Å². The third kappa shape index (κ3) is 3.98. The Morgan fingerprint density at radius 3 is 2.70 bits per heavy atom. The van der Waals surface area contributed by atoms with Crippen LogP contribution in [0.2, 0.25) is 5.02 Å². The number of ether oxygens (including phenoxy) is 1. The van der Waals surface area contributed by atoms with Gasteiger partial charge in [-0.15, -0.1) is 10.2 Å². The number of allylic oxidation sites excluding steroid dienone is 2. The first-order valence-electron chi connectivity index (χ1n) is 8.79. The van der Waals surface area contributed by atoms with E-state index in [0.29, 0.717) is 22.3 Å². The van der Waals surface area contributed by atoms with Crippen LogP contribution in [0.4, 0.5) is 5.13 Å². The van der Waals surface area contributed by atoms with Crippen LogP contribution in [0.3, 0.4) is 0 Å². The van der Waals surface area contributed by atoms with Crippen LogP contribution >= 0.6 is 22.9 Å². The van der Waals surface area contributed by atoms with Gasteiger partial charge in [-0.05, 0) is 31.6 Å². The molecule has 1 aromatic carbocycles. The molecule has 1 aromatic heterocycles. The summed E-state index contributed by atoms with van der Waals surface area (Å²) in [5.74, 6) is 0.0670. The maximum atomic E-state index is 12.9. The zero-order valence-electron chi connectivity index (χ0n) is 15.8. The van der Waals surface area contributed by atoms with Gasteiger partial charge in [-0.1, -0.05) is 54.1 Å². The number of nitrogens with zero attached hydrogens (tertiary/aromatic N) is 3. The van der Waals surface area contributed by atoms with Crippen molar-refractivity contribution in [2.45, 2.75) is 26.9 Å². The Hall–Kier alpha value is -2.02. The van der Waals surface area contributed by atoms with E-state index >= 15 is 0 Å². The Balaban J connectivity index is 1.88. The number of halogens is 1. The van der Waals surface area contributed by atoms with Crippen molar-refractivity contribution in [2.75, 3.05) is 18.6 Å². The van der Waals surface area contributed by atoms with Gasteiger partial charge < -0.3 is 4.74 Å². The van der Waals surface area contributed by atoms with Crippen LogP contribution in [-0.2, 0) is 4.74 Å². The Labute approximate surface area is 168 Å². The van der Waals surface area contributed by atoms with Gasteiger partial charge in [-0.25, -0.2) is 0 Å². The molecule has 2 aromatic rings. The minimum Gasteiger partial charge on any atom is -0.377 e. The smallest absolute Gasteiger partial charge is 0.261 e. The summed E-state index contributed by atoms with van der Waals surface area (Å²) in [5.41, 5.74) is 2.62. The summed E-state index contributed by atoms with van der Waals surface area (Å²) in [4.78, 5) is 14.5. The lowest BCUT2D eigenvalue weighted by molar-refractivity contribution is 0.0988. The van der Waals surface area contributed by atoms with Crippen LogP contribution in [0.15, 0.2) is 42.0 Å². The highest BCUT2D eigenvalue weighted by Crippen LogP contribution is 2.34. The predicted octanol–water partition coefficient (Wildman–Crippen LogP) is 4.85. The molecule has 0 fully saturated rings. The first-order valence-corrected chi connectivity index (χ1v) is 9.98. The maximum absolute atomic E-state index is 12.9. The van der Waals surface area contributed by atoms with E-state index in [4.69, 9.17) is 16.3 Å². The maximum Gasteiger partial charge on any atom is 0.261 e. The Morgan fingerprint density at radius 2 is 2.07 bits per heavy atom. The molecule has 2 unspecified atom stereocenters. The van der Waals surface area contributed by atoms with Crippen LogP contribution in [0.25, 0.3) is 5.57 Å². The largest absolute Gasteiger partial charge is 0.377 e. The molecule has 1 aliphatic carbocycles. The molecule has 0 N–H and O–H groups in total. The third-order valence-corrected chi connectivity index (χ3v) is 5.89. The molecular weight excluding hydrogens is 382 g/mol. The van der Waals surface area contributed by atoms with Crippen LogP contribution in [0.5, 0.6) is 0 Å². The Bertz CT molecular complexity index is 906. The lowest BCUT2D eigenvalue weighted by Crippen LogP contribution is -2.30. The lowest BCUT2D eigenvalue weighted by Gasteiger charge is -2.25. The Kier molecular flexibility index (Phi) is 6.09. The molecule has 0 saturated carbocycles. The number of rotatable bonds is 5. The molecule has 7 heteroatoms. The topological polar surface area (TPSA) is 55.3 Å². The van der Waals surface area contributed by atoms with E-state index in [1.807, 2.05) is 6.92 Å². The summed E-state index contributed by atoms with van der Waals surface area (Å²) < 4.78 is 5.54. The highest BCUT2D eigenvalue weighted by Gasteiger charge is 2.25. The van der Waals surface area contributed by atoms with Gasteiger partial charge in [0.15, 0.2) is 0 Å². The van der Waals surface area contributed by atoms with E-state index in [0.717, 1.165) is 16.2 Å². The summed E-state index contributed by atoms with van der Waals surface area (Å²) in [6.45, 7) is 6.56. The molecule has 5 nitrogen and oxygen atoms in total. The van der Waals surface area contributed by atoms with Gasteiger partial charge in [0.2, 0.25) is 5.13 Å². The van der Waals surface area contributed by atoms with Crippen LogP contribution in [0.1, 0.15) is 36.1 Å². The summed E-state index contributed by atoms with van der Waals surface area (Å²) in [7, 11) is 1.72. The van der Waals surface area contributed by atoms with Gasteiger partial charge in [0.25, 0.3) is 5.91 Å². The van der Waals surface area contributed by atoms with E-state index in [-0.39, 0.29) is 17.9 Å². The van der Waals surface area contributed by atoms with E-state index in [1.165, 1.54) is 11.3 Å². The van der Waals surface area contributed by atoms with Crippen molar-refractivity contribution in [1.82, 2.24) is 10.2 Å². The molecule has 0 aliphatic heterocycles. The fraction of sp³-hybridized carbons (Fsp3) is 0.350. The summed E-state index contributed by atoms with van der Waals surface area (Å²) in [6.07, 6.45) is 4.29. The van der Waals surface area contributed by atoms with Gasteiger partial charge >= 0.3 is 0 Å². The first-order chi connectivity index (χ1) is 13.0. The molecule has 0 bridgehead atoms. The molecule has 3 rings (SSSR count). The van der Waals surface area contributed by atoms with E-state index in [1.54, 1.807) is 36.3 Å². The zero-order valence-corrected chi connectivity index (χ0v) is 17.3. The van der Waals surface area contributed by atoms with Crippen LogP contribution < -0.4 is 4.90 Å². The summed E-state index contributed by atoms with van der Waals surface area (Å²) in [5, 5.41) is 10.4. The molecule has 0 spiro atoms. The average molecular weight is 404 g/mol. The van der Waals surface area contributed by atoms with Crippen molar-refractivity contribution in [3.05, 3.63) is 57.6 Å². The van der Waals surface area contributed by atoms with Crippen LogP contribution in [0, 0.1) is 5.92 Å². The summed E-state index contributed by atoms with van der Waals surface area (Å²) >= 11 is 7.59. The standard InChI is InChI=1S/C20H22ClN3O2S/c1-5-24(19(25)15-8-6-7-9-16(15)21)20-23-22-18(27-20)14-10-12(2)17(26-4)13(3)11-14/h6-12,17H,5H2,1-4H3. The fourth-order valence-electron chi connectivity index (χ4n) is 3.28. The minimum atomic E-state index is -0.178. The number of aromatic nitrogens is 2.